The van der Waals surface area contributed by atoms with Crippen molar-refractivity contribution in [2.45, 2.75) is 25.1 Å². The molecule has 41 heavy (non-hydrogen) atoms. The molecule has 1 aliphatic heterocycles. The predicted octanol–water partition coefficient (Wildman–Crippen LogP) is 4.87. The number of nitrogens with one attached hydrogen (secondary N) is 3. The average molecular weight is 602 g/mol. The number of carbonyl (C=O) groups is 2. The maximum Gasteiger partial charge on any atom is 0.416 e. The van der Waals surface area contributed by atoms with Gasteiger partial charge in [-0.2, -0.15) is 13.2 Å². The first-order valence-electron chi connectivity index (χ1n) is 11.8. The van der Waals surface area contributed by atoms with Gasteiger partial charge in [0, 0.05) is 23.9 Å². The van der Waals surface area contributed by atoms with Crippen LogP contribution in [0, 0.1) is 17.5 Å². The minimum absolute atomic E-state index is 0.0321. The van der Waals surface area contributed by atoms with Crippen LogP contribution in [0.3, 0.4) is 0 Å². The van der Waals surface area contributed by atoms with Crippen molar-refractivity contribution in [3.05, 3.63) is 71.7 Å². The number of amides is 3. The van der Waals surface area contributed by atoms with Gasteiger partial charge in [-0.25, -0.2) is 31.4 Å². The maximum absolute atomic E-state index is 15.3. The molecule has 1 atom stereocenters. The van der Waals surface area contributed by atoms with Gasteiger partial charge in [-0.15, -0.1) is 0 Å². The lowest BCUT2D eigenvalue weighted by atomic mass is 10.0. The number of nitrogens with zero attached hydrogens (tertiary/aromatic N) is 2. The van der Waals surface area contributed by atoms with E-state index in [1.165, 1.54) is 18.3 Å². The minimum Gasteiger partial charge on any atom is -0.326 e. The Balaban J connectivity index is 1.52. The predicted molar refractivity (Wildman–Crippen MR) is 137 cm³/mol. The molecule has 218 valence electrons. The molecule has 16 heteroatoms. The second-order valence-corrected chi connectivity index (χ2v) is 10.8. The monoisotopic (exact) mass is 601 g/mol. The topological polar surface area (TPSA) is 120 Å². The third-order valence-electron chi connectivity index (χ3n) is 6.02. The van der Waals surface area contributed by atoms with E-state index in [4.69, 9.17) is 0 Å². The zero-order chi connectivity index (χ0) is 30.1. The molecule has 2 heterocycles. The van der Waals surface area contributed by atoms with Crippen molar-refractivity contribution in [2.75, 3.05) is 27.7 Å². The zero-order valence-corrected chi connectivity index (χ0v) is 21.8. The summed E-state index contributed by atoms with van der Waals surface area (Å²) in [4.78, 5) is 30.2. The Morgan fingerprint density at radius 3 is 2.44 bits per heavy atom. The number of urea groups is 1. The lowest BCUT2D eigenvalue weighted by Gasteiger charge is -2.33. The van der Waals surface area contributed by atoms with E-state index in [0.29, 0.717) is 12.1 Å². The van der Waals surface area contributed by atoms with Crippen LogP contribution in [-0.2, 0) is 21.0 Å². The number of hydrogen-bond acceptors (Lipinski definition) is 5. The third-order valence-corrected chi connectivity index (χ3v) is 6.59. The van der Waals surface area contributed by atoms with Gasteiger partial charge in [0.2, 0.25) is 15.9 Å². The van der Waals surface area contributed by atoms with Crippen LogP contribution >= 0.6 is 0 Å². The molecule has 0 aliphatic carbocycles. The van der Waals surface area contributed by atoms with Crippen molar-refractivity contribution >= 4 is 39.2 Å². The quantitative estimate of drug-likeness (QED) is 0.348. The number of pyridine rings is 1. The Morgan fingerprint density at radius 2 is 1.78 bits per heavy atom. The van der Waals surface area contributed by atoms with E-state index in [1.54, 1.807) is 0 Å². The number of anilines is 3. The average Bonchev–Trinajstić information content (AvgIpc) is 2.87. The number of benzene rings is 2. The summed E-state index contributed by atoms with van der Waals surface area (Å²) in [5.74, 6) is -5.21. The van der Waals surface area contributed by atoms with Crippen molar-refractivity contribution in [1.82, 2.24) is 10.3 Å². The lowest BCUT2D eigenvalue weighted by molar-refractivity contribution is -0.137. The molecule has 3 aromatic rings. The highest BCUT2D eigenvalue weighted by molar-refractivity contribution is 7.92. The molecular weight excluding hydrogens is 580 g/mol. The smallest absolute Gasteiger partial charge is 0.326 e. The summed E-state index contributed by atoms with van der Waals surface area (Å²) in [7, 11) is -3.80. The van der Waals surface area contributed by atoms with E-state index in [-0.39, 0.29) is 42.4 Å². The molecule has 4 rings (SSSR count). The number of rotatable bonds is 6. The van der Waals surface area contributed by atoms with E-state index < -0.39 is 68.6 Å². The van der Waals surface area contributed by atoms with Gasteiger partial charge in [0.25, 0.3) is 0 Å². The molecule has 1 unspecified atom stereocenters. The van der Waals surface area contributed by atoms with Crippen LogP contribution in [0.5, 0.6) is 0 Å². The number of sulfonamides is 1. The van der Waals surface area contributed by atoms with Gasteiger partial charge in [-0.1, -0.05) is 0 Å². The summed E-state index contributed by atoms with van der Waals surface area (Å²) >= 11 is 0. The van der Waals surface area contributed by atoms with Crippen molar-refractivity contribution in [2.24, 2.45) is 0 Å². The fraction of sp³-hybridized carbons (Fsp3) is 0.240. The van der Waals surface area contributed by atoms with Gasteiger partial charge in [-0.3, -0.25) is 9.52 Å². The fourth-order valence-electron chi connectivity index (χ4n) is 4.19. The molecule has 3 amide bonds. The van der Waals surface area contributed by atoms with E-state index >= 15 is 8.78 Å². The van der Waals surface area contributed by atoms with Gasteiger partial charge in [0.1, 0.15) is 17.7 Å². The molecule has 0 radical (unpaired) electrons. The van der Waals surface area contributed by atoms with Crippen LogP contribution in [0.25, 0.3) is 11.1 Å². The number of alkyl halides is 3. The van der Waals surface area contributed by atoms with Gasteiger partial charge >= 0.3 is 12.2 Å². The Morgan fingerprint density at radius 1 is 1.05 bits per heavy atom. The number of carbonyl (C=O) groups excluding carboxylic acids is 2. The van der Waals surface area contributed by atoms with Crippen molar-refractivity contribution in [3.63, 3.8) is 0 Å². The van der Waals surface area contributed by atoms with Gasteiger partial charge in [-0.05, 0) is 55.3 Å². The molecule has 1 aromatic heterocycles. The Kier molecular flexibility index (Phi) is 8.15. The Labute approximate surface area is 229 Å². The van der Waals surface area contributed by atoms with Crippen LogP contribution in [0.4, 0.5) is 48.3 Å². The first kappa shape index (κ1) is 29.6. The van der Waals surface area contributed by atoms with Crippen molar-refractivity contribution in [1.29, 1.82) is 0 Å². The third kappa shape index (κ3) is 6.70. The molecule has 1 aliphatic rings. The van der Waals surface area contributed by atoms with E-state index in [2.05, 4.69) is 15.0 Å². The zero-order valence-electron chi connectivity index (χ0n) is 21.0. The number of aromatic nitrogens is 1. The second kappa shape index (κ2) is 11.3. The largest absolute Gasteiger partial charge is 0.416 e. The molecule has 1 saturated heterocycles. The van der Waals surface area contributed by atoms with E-state index in [9.17, 15) is 35.6 Å². The van der Waals surface area contributed by atoms with E-state index in [0.717, 1.165) is 23.3 Å². The summed E-state index contributed by atoms with van der Waals surface area (Å²) in [5, 5.41) is 4.30. The number of hydrogen-bond donors (Lipinski definition) is 3. The van der Waals surface area contributed by atoms with Crippen LogP contribution in [0.2, 0.25) is 0 Å². The highest BCUT2D eigenvalue weighted by atomic mass is 32.2. The molecule has 2 aromatic carbocycles. The first-order chi connectivity index (χ1) is 19.2. The summed E-state index contributed by atoms with van der Waals surface area (Å²) in [6.45, 7) is -0.0321. The lowest BCUT2D eigenvalue weighted by Crippen LogP contribution is -2.53. The molecule has 0 spiro atoms. The van der Waals surface area contributed by atoms with E-state index in [1.807, 2.05) is 5.32 Å². The molecule has 9 nitrogen and oxygen atoms in total. The molecular formula is C25H21F6N5O4S. The van der Waals surface area contributed by atoms with Gasteiger partial charge < -0.3 is 15.5 Å². The summed E-state index contributed by atoms with van der Waals surface area (Å²) in [6, 6.07) is 4.11. The number of halogens is 6. The highest BCUT2D eigenvalue weighted by Gasteiger charge is 2.34. The van der Waals surface area contributed by atoms with Gasteiger partial charge in [0.05, 0.1) is 23.2 Å². The van der Waals surface area contributed by atoms with Crippen LogP contribution < -0.4 is 20.3 Å². The van der Waals surface area contributed by atoms with Crippen molar-refractivity contribution in [3.8, 4) is 11.1 Å². The SMILES string of the molecule is CS(=O)(=O)Nc1ncccc1-c1ccc(N2CCCC(NC(=O)Nc3ccc(C(F)(F)F)cc3F)C2=O)c(F)c1F. The van der Waals surface area contributed by atoms with Crippen LogP contribution in [0.1, 0.15) is 18.4 Å². The first-order valence-corrected chi connectivity index (χ1v) is 13.7. The summed E-state index contributed by atoms with van der Waals surface area (Å²) in [6.07, 6.45) is -2.34. The molecule has 0 bridgehead atoms. The standard InChI is InChI=1S/C25H21F6N5O4S/c1-41(39,40)35-22-15(4-2-10-32-22)14-7-9-19(21(28)20(14)27)36-11-3-5-18(23(36)37)34-24(38)33-17-8-6-13(12-16(17)26)25(29,30)31/h2,4,6-10,12,18H,3,5,11H2,1H3,(H,32,35)(H2,33,34,38). The minimum atomic E-state index is -4.79. The molecule has 3 N–H and O–H groups in total. The van der Waals surface area contributed by atoms with Gasteiger partial charge in [0.15, 0.2) is 11.6 Å². The maximum atomic E-state index is 15.3. The van der Waals surface area contributed by atoms with Crippen molar-refractivity contribution < 1.29 is 44.3 Å². The normalized spacial score (nSPS) is 15.9. The Hall–Kier alpha value is -4.34. The fourth-order valence-corrected chi connectivity index (χ4v) is 4.71. The summed E-state index contributed by atoms with van der Waals surface area (Å²) < 4.78 is 108. The van der Waals surface area contributed by atoms with Crippen LogP contribution in [-0.4, -0.2) is 44.2 Å². The second-order valence-electron chi connectivity index (χ2n) is 9.01. The molecule has 0 saturated carbocycles. The molecule has 1 fully saturated rings. The Bertz CT molecular complexity index is 1620. The number of piperidine rings is 1. The highest BCUT2D eigenvalue weighted by Crippen LogP contribution is 2.35. The van der Waals surface area contributed by atoms with Crippen LogP contribution in [0.15, 0.2) is 48.7 Å². The summed E-state index contributed by atoms with van der Waals surface area (Å²) in [5.41, 5.74) is -2.66.